The maximum Gasteiger partial charge on any atom is 0.106 e. The number of rotatable bonds is 5. The summed E-state index contributed by atoms with van der Waals surface area (Å²) in [6.07, 6.45) is 0.730. The Morgan fingerprint density at radius 1 is 1.64 bits per heavy atom. The second-order valence-electron chi connectivity index (χ2n) is 2.72. The summed E-state index contributed by atoms with van der Waals surface area (Å²) in [5.41, 5.74) is -0.426. The van der Waals surface area contributed by atoms with Gasteiger partial charge in [0.1, 0.15) is 5.54 Å². The van der Waals surface area contributed by atoms with Crippen molar-refractivity contribution < 1.29 is 4.74 Å². The molecule has 0 aliphatic carbocycles. The average Bonchev–Trinajstić information content (AvgIpc) is 2.02. The molecule has 0 aromatic carbocycles. The summed E-state index contributed by atoms with van der Waals surface area (Å²) in [5, 5.41) is 11.9. The van der Waals surface area contributed by atoms with E-state index in [0.717, 1.165) is 13.0 Å². The molecule has 0 aliphatic heterocycles. The highest BCUT2D eigenvalue weighted by Gasteiger charge is 2.20. The first-order valence-corrected chi connectivity index (χ1v) is 3.83. The van der Waals surface area contributed by atoms with E-state index >= 15 is 0 Å². The predicted molar refractivity (Wildman–Crippen MR) is 44.2 cm³/mol. The summed E-state index contributed by atoms with van der Waals surface area (Å²) in [6.45, 7) is 5.31. The van der Waals surface area contributed by atoms with Gasteiger partial charge in [0.2, 0.25) is 0 Å². The highest BCUT2D eigenvalue weighted by molar-refractivity contribution is 5.03. The number of methoxy groups -OCH3 is 1. The van der Waals surface area contributed by atoms with Gasteiger partial charge in [0.25, 0.3) is 0 Å². The Hall–Kier alpha value is -0.590. The third-order valence-electron chi connectivity index (χ3n) is 1.62. The molecule has 0 radical (unpaired) electrons. The highest BCUT2D eigenvalue weighted by atomic mass is 16.5. The molecule has 0 rings (SSSR count). The van der Waals surface area contributed by atoms with Crippen molar-refractivity contribution in [1.29, 1.82) is 5.26 Å². The first-order chi connectivity index (χ1) is 5.18. The van der Waals surface area contributed by atoms with Crippen LogP contribution in [-0.4, -0.2) is 25.8 Å². The third-order valence-corrected chi connectivity index (χ3v) is 1.62. The van der Waals surface area contributed by atoms with Crippen LogP contribution in [0, 0.1) is 11.3 Å². The van der Waals surface area contributed by atoms with E-state index in [-0.39, 0.29) is 0 Å². The number of ether oxygens (including phenoxy) is 1. The van der Waals surface area contributed by atoms with Gasteiger partial charge in [-0.3, -0.25) is 5.32 Å². The standard InChI is InChI=1S/C8H16N2O/c1-4-10-8(2,7-9)5-6-11-3/h10H,4-6H2,1-3H3. The fourth-order valence-electron chi connectivity index (χ4n) is 0.880. The van der Waals surface area contributed by atoms with Crippen molar-refractivity contribution in [3.63, 3.8) is 0 Å². The monoisotopic (exact) mass is 156 g/mol. The van der Waals surface area contributed by atoms with E-state index in [2.05, 4.69) is 11.4 Å². The van der Waals surface area contributed by atoms with Crippen LogP contribution in [0.2, 0.25) is 0 Å². The fourth-order valence-corrected chi connectivity index (χ4v) is 0.880. The van der Waals surface area contributed by atoms with Crippen molar-refractivity contribution >= 4 is 0 Å². The normalized spacial score (nSPS) is 15.5. The number of hydrogen-bond donors (Lipinski definition) is 1. The highest BCUT2D eigenvalue weighted by Crippen LogP contribution is 2.06. The van der Waals surface area contributed by atoms with E-state index in [4.69, 9.17) is 10.00 Å². The second-order valence-corrected chi connectivity index (χ2v) is 2.72. The minimum atomic E-state index is -0.426. The van der Waals surface area contributed by atoms with Crippen molar-refractivity contribution in [2.75, 3.05) is 20.3 Å². The van der Waals surface area contributed by atoms with E-state index in [1.807, 2.05) is 13.8 Å². The molecule has 1 N–H and O–H groups in total. The summed E-state index contributed by atoms with van der Waals surface area (Å²) in [7, 11) is 1.64. The van der Waals surface area contributed by atoms with Gasteiger partial charge in [-0.25, -0.2) is 0 Å². The molecule has 0 saturated carbocycles. The molecule has 0 bridgehead atoms. The average molecular weight is 156 g/mol. The third kappa shape index (κ3) is 3.97. The molecule has 0 aromatic heterocycles. The van der Waals surface area contributed by atoms with Crippen LogP contribution in [0.15, 0.2) is 0 Å². The fraction of sp³-hybridized carbons (Fsp3) is 0.875. The van der Waals surface area contributed by atoms with Crippen LogP contribution in [-0.2, 0) is 4.74 Å². The van der Waals surface area contributed by atoms with Crippen LogP contribution in [0.25, 0.3) is 0 Å². The van der Waals surface area contributed by atoms with Crippen LogP contribution in [0.5, 0.6) is 0 Å². The lowest BCUT2D eigenvalue weighted by Gasteiger charge is -2.21. The summed E-state index contributed by atoms with van der Waals surface area (Å²) < 4.78 is 4.89. The predicted octanol–water partition coefficient (Wildman–Crippen LogP) is 0.915. The second kappa shape index (κ2) is 5.11. The molecule has 0 saturated heterocycles. The van der Waals surface area contributed by atoms with Gasteiger partial charge in [0.15, 0.2) is 0 Å². The van der Waals surface area contributed by atoms with Crippen LogP contribution in [0.1, 0.15) is 20.3 Å². The molecule has 3 nitrogen and oxygen atoms in total. The summed E-state index contributed by atoms with van der Waals surface area (Å²) in [5.74, 6) is 0. The Bertz CT molecular complexity index is 142. The minimum Gasteiger partial charge on any atom is -0.385 e. The summed E-state index contributed by atoms with van der Waals surface area (Å²) in [6, 6.07) is 2.22. The van der Waals surface area contributed by atoms with E-state index < -0.39 is 5.54 Å². The minimum absolute atomic E-state index is 0.426. The Morgan fingerprint density at radius 2 is 2.27 bits per heavy atom. The lowest BCUT2D eigenvalue weighted by atomic mass is 10.0. The zero-order valence-electron chi connectivity index (χ0n) is 7.48. The molecular formula is C8H16N2O. The topological polar surface area (TPSA) is 45.0 Å². The Morgan fingerprint density at radius 3 is 2.64 bits per heavy atom. The van der Waals surface area contributed by atoms with E-state index in [0.29, 0.717) is 6.61 Å². The molecule has 0 fully saturated rings. The van der Waals surface area contributed by atoms with Crippen LogP contribution in [0.3, 0.4) is 0 Å². The zero-order valence-corrected chi connectivity index (χ0v) is 7.48. The van der Waals surface area contributed by atoms with Crippen molar-refractivity contribution in [2.45, 2.75) is 25.8 Å². The van der Waals surface area contributed by atoms with Crippen LogP contribution < -0.4 is 5.32 Å². The van der Waals surface area contributed by atoms with Crippen LogP contribution in [0.4, 0.5) is 0 Å². The first-order valence-electron chi connectivity index (χ1n) is 3.83. The van der Waals surface area contributed by atoms with Gasteiger partial charge >= 0.3 is 0 Å². The number of nitrogens with zero attached hydrogens (tertiary/aromatic N) is 1. The molecule has 3 heteroatoms. The van der Waals surface area contributed by atoms with Gasteiger partial charge in [-0.1, -0.05) is 6.92 Å². The van der Waals surface area contributed by atoms with Crippen LogP contribution >= 0.6 is 0 Å². The zero-order chi connectivity index (χ0) is 8.74. The van der Waals surface area contributed by atoms with Gasteiger partial charge in [-0.2, -0.15) is 5.26 Å². The summed E-state index contributed by atoms with van der Waals surface area (Å²) in [4.78, 5) is 0. The van der Waals surface area contributed by atoms with Gasteiger partial charge < -0.3 is 4.74 Å². The van der Waals surface area contributed by atoms with Gasteiger partial charge in [-0.05, 0) is 13.5 Å². The maximum atomic E-state index is 8.77. The number of nitriles is 1. The van der Waals surface area contributed by atoms with Crippen molar-refractivity contribution in [3.8, 4) is 6.07 Å². The van der Waals surface area contributed by atoms with E-state index in [1.54, 1.807) is 7.11 Å². The molecule has 11 heavy (non-hydrogen) atoms. The van der Waals surface area contributed by atoms with Crippen molar-refractivity contribution in [1.82, 2.24) is 5.32 Å². The van der Waals surface area contributed by atoms with Crippen molar-refractivity contribution in [2.24, 2.45) is 0 Å². The van der Waals surface area contributed by atoms with Gasteiger partial charge in [0, 0.05) is 20.1 Å². The number of nitrogens with one attached hydrogen (secondary N) is 1. The SMILES string of the molecule is CCNC(C)(C#N)CCOC. The molecule has 0 heterocycles. The van der Waals surface area contributed by atoms with E-state index in [9.17, 15) is 0 Å². The molecule has 0 amide bonds. The van der Waals surface area contributed by atoms with Crippen molar-refractivity contribution in [3.05, 3.63) is 0 Å². The Kier molecular flexibility index (Phi) is 4.84. The maximum absolute atomic E-state index is 8.77. The Balaban J connectivity index is 3.81. The van der Waals surface area contributed by atoms with E-state index in [1.165, 1.54) is 0 Å². The molecule has 0 spiro atoms. The number of hydrogen-bond acceptors (Lipinski definition) is 3. The lowest BCUT2D eigenvalue weighted by Crippen LogP contribution is -2.41. The quantitative estimate of drug-likeness (QED) is 0.643. The molecule has 1 atom stereocenters. The molecule has 0 aliphatic rings. The Labute approximate surface area is 68.3 Å². The molecule has 1 unspecified atom stereocenters. The smallest absolute Gasteiger partial charge is 0.106 e. The first kappa shape index (κ1) is 10.4. The molecule has 0 aromatic rings. The van der Waals surface area contributed by atoms with Gasteiger partial charge in [0.05, 0.1) is 6.07 Å². The largest absolute Gasteiger partial charge is 0.385 e. The molecular weight excluding hydrogens is 140 g/mol. The lowest BCUT2D eigenvalue weighted by molar-refractivity contribution is 0.174. The summed E-state index contributed by atoms with van der Waals surface area (Å²) >= 11 is 0. The molecule has 64 valence electrons. The van der Waals surface area contributed by atoms with Gasteiger partial charge in [-0.15, -0.1) is 0 Å².